The van der Waals surface area contributed by atoms with E-state index in [0.29, 0.717) is 31.5 Å². The van der Waals surface area contributed by atoms with Gasteiger partial charge in [-0.05, 0) is 38.6 Å². The molecule has 3 unspecified atom stereocenters. The normalized spacial score (nSPS) is 26.7. The molecule has 1 heterocycles. The minimum atomic E-state index is 0.114. The lowest BCUT2D eigenvalue weighted by molar-refractivity contribution is -0.122. The summed E-state index contributed by atoms with van der Waals surface area (Å²) in [5, 5.41) is 2.89. The molecule has 1 fully saturated rings. The van der Waals surface area contributed by atoms with Gasteiger partial charge in [0.2, 0.25) is 5.91 Å². The Balaban J connectivity index is 2.06. The molecule has 16 heavy (non-hydrogen) atoms. The Morgan fingerprint density at radius 2 is 2.31 bits per heavy atom. The molecule has 1 saturated heterocycles. The van der Waals surface area contributed by atoms with E-state index in [1.54, 1.807) is 0 Å². The molecule has 0 aromatic carbocycles. The fraction of sp³-hybridized carbons (Fsp3) is 0.917. The zero-order valence-electron chi connectivity index (χ0n) is 10.4. The van der Waals surface area contributed by atoms with E-state index < -0.39 is 0 Å². The number of nitrogens with one attached hydrogen (secondary N) is 1. The number of amides is 1. The second kappa shape index (κ2) is 6.86. The summed E-state index contributed by atoms with van der Waals surface area (Å²) in [5.74, 6) is 0.468. The predicted molar refractivity (Wildman–Crippen MR) is 64.0 cm³/mol. The first-order chi connectivity index (χ1) is 7.61. The van der Waals surface area contributed by atoms with Crippen molar-refractivity contribution in [2.75, 3.05) is 13.1 Å². The molecule has 0 aromatic heterocycles. The summed E-state index contributed by atoms with van der Waals surface area (Å²) in [6.45, 7) is 5.41. The third-order valence-electron chi connectivity index (χ3n) is 3.06. The van der Waals surface area contributed by atoms with Gasteiger partial charge in [0.15, 0.2) is 0 Å². The van der Waals surface area contributed by atoms with Crippen LogP contribution in [0.2, 0.25) is 0 Å². The fourth-order valence-electron chi connectivity index (χ4n) is 1.85. The van der Waals surface area contributed by atoms with Crippen LogP contribution in [-0.2, 0) is 9.53 Å². The second-order valence-electron chi connectivity index (χ2n) is 4.83. The summed E-state index contributed by atoms with van der Waals surface area (Å²) in [7, 11) is 0. The Morgan fingerprint density at radius 1 is 1.56 bits per heavy atom. The quantitative estimate of drug-likeness (QED) is 0.714. The Morgan fingerprint density at radius 3 is 2.88 bits per heavy atom. The molecular formula is C12H24N2O2. The molecule has 1 rings (SSSR count). The highest BCUT2D eigenvalue weighted by molar-refractivity contribution is 5.75. The maximum atomic E-state index is 11.5. The molecule has 0 saturated carbocycles. The Kier molecular flexibility index (Phi) is 5.77. The van der Waals surface area contributed by atoms with Crippen molar-refractivity contribution in [2.24, 2.45) is 11.7 Å². The maximum absolute atomic E-state index is 11.5. The molecule has 3 atom stereocenters. The van der Waals surface area contributed by atoms with E-state index in [9.17, 15) is 4.79 Å². The van der Waals surface area contributed by atoms with E-state index in [1.165, 1.54) is 0 Å². The predicted octanol–water partition coefficient (Wildman–Crippen LogP) is 1.05. The van der Waals surface area contributed by atoms with Gasteiger partial charge in [-0.25, -0.2) is 0 Å². The number of hydrogen-bond acceptors (Lipinski definition) is 3. The lowest BCUT2D eigenvalue weighted by atomic mass is 10.1. The SMILES string of the molecule is CC(CN)CNC(=O)CCC1CCC(C)O1. The third-order valence-corrected chi connectivity index (χ3v) is 3.06. The second-order valence-corrected chi connectivity index (χ2v) is 4.83. The van der Waals surface area contributed by atoms with E-state index in [-0.39, 0.29) is 12.0 Å². The summed E-state index contributed by atoms with van der Waals surface area (Å²) < 4.78 is 5.66. The van der Waals surface area contributed by atoms with Crippen LogP contribution >= 0.6 is 0 Å². The highest BCUT2D eigenvalue weighted by atomic mass is 16.5. The van der Waals surface area contributed by atoms with Gasteiger partial charge in [-0.15, -0.1) is 0 Å². The first kappa shape index (κ1) is 13.5. The monoisotopic (exact) mass is 228 g/mol. The van der Waals surface area contributed by atoms with Crippen molar-refractivity contribution in [2.45, 2.75) is 51.7 Å². The van der Waals surface area contributed by atoms with Crippen LogP contribution in [0.5, 0.6) is 0 Å². The van der Waals surface area contributed by atoms with Crippen molar-refractivity contribution in [1.82, 2.24) is 5.32 Å². The van der Waals surface area contributed by atoms with Crippen LogP contribution < -0.4 is 11.1 Å². The van der Waals surface area contributed by atoms with Gasteiger partial charge in [0, 0.05) is 13.0 Å². The molecule has 1 amide bonds. The van der Waals surface area contributed by atoms with E-state index in [0.717, 1.165) is 19.3 Å². The van der Waals surface area contributed by atoms with Crippen molar-refractivity contribution < 1.29 is 9.53 Å². The number of carbonyl (C=O) groups excluding carboxylic acids is 1. The lowest BCUT2D eigenvalue weighted by Crippen LogP contribution is -2.31. The van der Waals surface area contributed by atoms with Crippen LogP contribution in [0.3, 0.4) is 0 Å². The average molecular weight is 228 g/mol. The van der Waals surface area contributed by atoms with Crippen molar-refractivity contribution in [3.63, 3.8) is 0 Å². The summed E-state index contributed by atoms with van der Waals surface area (Å²) in [4.78, 5) is 11.5. The third kappa shape index (κ3) is 4.94. The zero-order chi connectivity index (χ0) is 12.0. The molecule has 4 heteroatoms. The number of rotatable bonds is 6. The highest BCUT2D eigenvalue weighted by Crippen LogP contribution is 2.22. The zero-order valence-corrected chi connectivity index (χ0v) is 10.4. The highest BCUT2D eigenvalue weighted by Gasteiger charge is 2.22. The molecular weight excluding hydrogens is 204 g/mol. The first-order valence-corrected chi connectivity index (χ1v) is 6.24. The number of hydrogen-bond donors (Lipinski definition) is 2. The van der Waals surface area contributed by atoms with Gasteiger partial charge in [-0.2, -0.15) is 0 Å². The number of carbonyl (C=O) groups is 1. The molecule has 3 N–H and O–H groups in total. The van der Waals surface area contributed by atoms with Crippen LogP contribution in [0.25, 0.3) is 0 Å². The van der Waals surface area contributed by atoms with Crippen molar-refractivity contribution in [3.8, 4) is 0 Å². The number of nitrogens with two attached hydrogens (primary N) is 1. The summed E-state index contributed by atoms with van der Waals surface area (Å²) >= 11 is 0. The molecule has 0 bridgehead atoms. The van der Waals surface area contributed by atoms with Gasteiger partial charge >= 0.3 is 0 Å². The maximum Gasteiger partial charge on any atom is 0.220 e. The Hall–Kier alpha value is -0.610. The standard InChI is InChI=1S/C12H24N2O2/c1-9(7-13)8-14-12(15)6-5-11-4-3-10(2)16-11/h9-11H,3-8,13H2,1-2H3,(H,14,15). The molecule has 0 radical (unpaired) electrons. The van der Waals surface area contributed by atoms with Crippen molar-refractivity contribution in [3.05, 3.63) is 0 Å². The largest absolute Gasteiger partial charge is 0.375 e. The molecule has 0 spiro atoms. The molecule has 1 aliphatic heterocycles. The van der Waals surface area contributed by atoms with Crippen molar-refractivity contribution >= 4 is 5.91 Å². The number of ether oxygens (including phenoxy) is 1. The fourth-order valence-corrected chi connectivity index (χ4v) is 1.85. The topological polar surface area (TPSA) is 64.3 Å². The van der Waals surface area contributed by atoms with Crippen LogP contribution in [0, 0.1) is 5.92 Å². The lowest BCUT2D eigenvalue weighted by Gasteiger charge is -2.12. The van der Waals surface area contributed by atoms with Crippen molar-refractivity contribution in [1.29, 1.82) is 0 Å². The molecule has 0 aromatic rings. The molecule has 4 nitrogen and oxygen atoms in total. The Bertz CT molecular complexity index is 221. The van der Waals surface area contributed by atoms with Crippen LogP contribution in [0.4, 0.5) is 0 Å². The first-order valence-electron chi connectivity index (χ1n) is 6.24. The summed E-state index contributed by atoms with van der Waals surface area (Å²) in [6, 6.07) is 0. The van der Waals surface area contributed by atoms with Gasteiger partial charge in [0.1, 0.15) is 0 Å². The van der Waals surface area contributed by atoms with Gasteiger partial charge in [-0.3, -0.25) is 4.79 Å². The van der Waals surface area contributed by atoms with Crippen LogP contribution in [0.15, 0.2) is 0 Å². The van der Waals surface area contributed by atoms with Gasteiger partial charge in [0.05, 0.1) is 12.2 Å². The van der Waals surface area contributed by atoms with E-state index in [4.69, 9.17) is 10.5 Å². The van der Waals surface area contributed by atoms with E-state index >= 15 is 0 Å². The summed E-state index contributed by atoms with van der Waals surface area (Å²) in [5.41, 5.74) is 5.48. The molecule has 0 aliphatic carbocycles. The Labute approximate surface area is 97.9 Å². The van der Waals surface area contributed by atoms with Crippen LogP contribution in [0.1, 0.15) is 39.5 Å². The van der Waals surface area contributed by atoms with E-state index in [2.05, 4.69) is 12.2 Å². The van der Waals surface area contributed by atoms with Gasteiger partial charge in [0.25, 0.3) is 0 Å². The molecule has 1 aliphatic rings. The average Bonchev–Trinajstić information content (AvgIpc) is 2.69. The smallest absolute Gasteiger partial charge is 0.220 e. The van der Waals surface area contributed by atoms with Gasteiger partial charge < -0.3 is 15.8 Å². The minimum Gasteiger partial charge on any atom is -0.375 e. The van der Waals surface area contributed by atoms with Gasteiger partial charge in [-0.1, -0.05) is 6.92 Å². The van der Waals surface area contributed by atoms with E-state index in [1.807, 2.05) is 6.92 Å². The molecule has 94 valence electrons. The summed E-state index contributed by atoms with van der Waals surface area (Å²) in [6.07, 6.45) is 4.27. The van der Waals surface area contributed by atoms with Crippen LogP contribution in [-0.4, -0.2) is 31.2 Å². The minimum absolute atomic E-state index is 0.114.